The van der Waals surface area contributed by atoms with Gasteiger partial charge in [0.2, 0.25) is 0 Å². The normalized spacial score (nSPS) is 33.6. The minimum atomic E-state index is -0.883. The number of hydrogen-bond donors (Lipinski definition) is 1. The molecule has 1 aliphatic rings. The van der Waals surface area contributed by atoms with Gasteiger partial charge in [-0.15, -0.1) is 0 Å². The maximum absolute atomic E-state index is 13.8. The van der Waals surface area contributed by atoms with Crippen molar-refractivity contribution in [2.45, 2.75) is 37.6 Å². The average molecular weight is 255 g/mol. The van der Waals surface area contributed by atoms with Crippen LogP contribution in [0.3, 0.4) is 0 Å². The van der Waals surface area contributed by atoms with E-state index < -0.39 is 10.8 Å². The predicted molar refractivity (Wildman–Crippen MR) is 68.8 cm³/mol. The number of benzene rings is 1. The molecule has 4 atom stereocenters. The van der Waals surface area contributed by atoms with Gasteiger partial charge in [-0.3, -0.25) is 4.21 Å². The molecule has 0 bridgehead atoms. The fourth-order valence-corrected chi connectivity index (χ4v) is 3.81. The number of nitrogens with one attached hydrogen (secondary N) is 1. The summed E-state index contributed by atoms with van der Waals surface area (Å²) in [5.41, 5.74) is 0.631. The summed E-state index contributed by atoms with van der Waals surface area (Å²) >= 11 is 0. The van der Waals surface area contributed by atoms with Crippen LogP contribution in [0.5, 0.6) is 0 Å². The third kappa shape index (κ3) is 2.58. The Morgan fingerprint density at radius 2 is 2.18 bits per heavy atom. The first-order valence-corrected chi connectivity index (χ1v) is 7.39. The molecule has 17 heavy (non-hydrogen) atoms. The number of hydrogen-bond acceptors (Lipinski definition) is 2. The molecule has 2 nitrogen and oxygen atoms in total. The van der Waals surface area contributed by atoms with Crippen LogP contribution >= 0.6 is 0 Å². The van der Waals surface area contributed by atoms with Gasteiger partial charge in [0.15, 0.2) is 0 Å². The van der Waals surface area contributed by atoms with Gasteiger partial charge >= 0.3 is 0 Å². The zero-order valence-corrected chi connectivity index (χ0v) is 11.0. The Hall–Kier alpha value is -0.740. The van der Waals surface area contributed by atoms with Crippen molar-refractivity contribution in [3.63, 3.8) is 0 Å². The van der Waals surface area contributed by atoms with Crippen molar-refractivity contribution in [3.05, 3.63) is 35.6 Å². The quantitative estimate of drug-likeness (QED) is 0.879. The topological polar surface area (TPSA) is 29.1 Å². The van der Waals surface area contributed by atoms with E-state index >= 15 is 0 Å². The molecule has 4 heteroatoms. The van der Waals surface area contributed by atoms with E-state index in [2.05, 4.69) is 12.2 Å². The first kappa shape index (κ1) is 12.7. The smallest absolute Gasteiger partial charge is 0.128 e. The average Bonchev–Trinajstić information content (AvgIpc) is 2.33. The van der Waals surface area contributed by atoms with Gasteiger partial charge in [-0.1, -0.05) is 25.1 Å². The Bertz CT molecular complexity index is 424. The van der Waals surface area contributed by atoms with Crippen LogP contribution in [0.15, 0.2) is 24.3 Å². The molecule has 1 heterocycles. The second-order valence-corrected chi connectivity index (χ2v) is 6.36. The van der Waals surface area contributed by atoms with Crippen molar-refractivity contribution >= 4 is 10.8 Å². The highest BCUT2D eigenvalue weighted by Crippen LogP contribution is 2.28. The molecule has 0 aromatic heterocycles. The van der Waals surface area contributed by atoms with Gasteiger partial charge in [0.25, 0.3) is 0 Å². The van der Waals surface area contributed by atoms with Gasteiger partial charge in [-0.05, 0) is 19.4 Å². The molecule has 2 rings (SSSR count). The monoisotopic (exact) mass is 255 g/mol. The molecular formula is C13H18FNOS. The van der Waals surface area contributed by atoms with Crippen LogP contribution in [0.2, 0.25) is 0 Å². The van der Waals surface area contributed by atoms with Crippen LogP contribution in [0.25, 0.3) is 0 Å². The molecule has 4 unspecified atom stereocenters. The van der Waals surface area contributed by atoms with Crippen LogP contribution in [0.1, 0.15) is 31.9 Å². The second-order valence-electron chi connectivity index (χ2n) is 4.52. The first-order chi connectivity index (χ1) is 8.13. The second kappa shape index (κ2) is 5.27. The van der Waals surface area contributed by atoms with Crippen molar-refractivity contribution in [2.24, 2.45) is 0 Å². The summed E-state index contributed by atoms with van der Waals surface area (Å²) in [5.74, 6) is 0.452. The first-order valence-electron chi connectivity index (χ1n) is 6.01. The van der Waals surface area contributed by atoms with E-state index in [1.165, 1.54) is 6.07 Å². The van der Waals surface area contributed by atoms with Crippen molar-refractivity contribution in [1.29, 1.82) is 0 Å². The Morgan fingerprint density at radius 1 is 1.47 bits per heavy atom. The van der Waals surface area contributed by atoms with E-state index in [1.54, 1.807) is 12.1 Å². The molecule has 0 spiro atoms. The standard InChI is InChI=1S/C13H18FNOS/c1-3-10-8-17(16)9(2)13(15-10)11-6-4-5-7-12(11)14/h4-7,9-10,13,15H,3,8H2,1-2H3. The van der Waals surface area contributed by atoms with E-state index in [4.69, 9.17) is 0 Å². The zero-order chi connectivity index (χ0) is 12.4. The molecule has 0 aliphatic carbocycles. The molecule has 94 valence electrons. The predicted octanol–water partition coefficient (Wildman–Crippen LogP) is 2.39. The lowest BCUT2D eigenvalue weighted by molar-refractivity contribution is 0.409. The number of rotatable bonds is 2. The van der Waals surface area contributed by atoms with Crippen molar-refractivity contribution in [3.8, 4) is 0 Å². The lowest BCUT2D eigenvalue weighted by atomic mass is 10.0. The lowest BCUT2D eigenvalue weighted by Crippen LogP contribution is -2.49. The largest absolute Gasteiger partial charge is 0.305 e. The summed E-state index contributed by atoms with van der Waals surface area (Å²) in [6, 6.07) is 6.82. The zero-order valence-electron chi connectivity index (χ0n) is 10.2. The van der Waals surface area contributed by atoms with Crippen molar-refractivity contribution < 1.29 is 8.60 Å². The van der Waals surface area contributed by atoms with Gasteiger partial charge in [-0.25, -0.2) is 4.39 Å². The van der Waals surface area contributed by atoms with Gasteiger partial charge in [0.1, 0.15) is 5.82 Å². The van der Waals surface area contributed by atoms with Crippen LogP contribution in [-0.4, -0.2) is 21.3 Å². The summed E-state index contributed by atoms with van der Waals surface area (Å²) < 4.78 is 25.8. The van der Waals surface area contributed by atoms with Gasteiger partial charge in [0.05, 0.1) is 5.25 Å². The van der Waals surface area contributed by atoms with E-state index in [0.717, 1.165) is 6.42 Å². The Kier molecular flexibility index (Phi) is 3.94. The molecule has 1 fully saturated rings. The SMILES string of the molecule is CCC1CS(=O)C(C)C(c2ccccc2F)N1. The summed E-state index contributed by atoms with van der Waals surface area (Å²) in [6.45, 7) is 3.98. The van der Waals surface area contributed by atoms with Crippen LogP contribution in [0, 0.1) is 5.82 Å². The lowest BCUT2D eigenvalue weighted by Gasteiger charge is -2.35. The van der Waals surface area contributed by atoms with E-state index in [-0.39, 0.29) is 23.2 Å². The van der Waals surface area contributed by atoms with Gasteiger partial charge < -0.3 is 5.32 Å². The van der Waals surface area contributed by atoms with Gasteiger partial charge in [0, 0.05) is 34.2 Å². The molecule has 1 aromatic rings. The highest BCUT2D eigenvalue weighted by Gasteiger charge is 2.33. The molecule has 1 N–H and O–H groups in total. The maximum atomic E-state index is 13.8. The van der Waals surface area contributed by atoms with E-state index in [9.17, 15) is 8.60 Å². The van der Waals surface area contributed by atoms with Crippen LogP contribution in [0.4, 0.5) is 4.39 Å². The molecule has 1 aromatic carbocycles. The summed E-state index contributed by atoms with van der Waals surface area (Å²) in [6.07, 6.45) is 0.920. The molecule has 1 aliphatic heterocycles. The highest BCUT2D eigenvalue weighted by molar-refractivity contribution is 7.85. The summed E-state index contributed by atoms with van der Waals surface area (Å²) in [5, 5.41) is 3.36. The molecule has 0 saturated carbocycles. The molecular weight excluding hydrogens is 237 g/mol. The summed E-state index contributed by atoms with van der Waals surface area (Å²) in [4.78, 5) is 0. The van der Waals surface area contributed by atoms with Crippen LogP contribution in [-0.2, 0) is 10.8 Å². The Balaban J connectivity index is 2.30. The number of halogens is 1. The fourth-order valence-electron chi connectivity index (χ4n) is 2.25. The minimum Gasteiger partial charge on any atom is -0.305 e. The van der Waals surface area contributed by atoms with E-state index in [1.807, 2.05) is 13.0 Å². The van der Waals surface area contributed by atoms with E-state index in [0.29, 0.717) is 11.3 Å². The van der Waals surface area contributed by atoms with Crippen molar-refractivity contribution in [2.75, 3.05) is 5.75 Å². The summed E-state index contributed by atoms with van der Waals surface area (Å²) in [7, 11) is -0.883. The maximum Gasteiger partial charge on any atom is 0.128 e. The Labute approximate surface area is 104 Å². The van der Waals surface area contributed by atoms with Crippen molar-refractivity contribution in [1.82, 2.24) is 5.32 Å². The van der Waals surface area contributed by atoms with Crippen LogP contribution < -0.4 is 5.32 Å². The van der Waals surface area contributed by atoms with Gasteiger partial charge in [-0.2, -0.15) is 0 Å². The molecule has 1 saturated heterocycles. The fraction of sp³-hybridized carbons (Fsp3) is 0.538. The third-order valence-electron chi connectivity index (χ3n) is 3.40. The highest BCUT2D eigenvalue weighted by atomic mass is 32.2. The Morgan fingerprint density at radius 3 is 2.82 bits per heavy atom. The third-order valence-corrected chi connectivity index (χ3v) is 5.23. The molecule has 0 radical (unpaired) electrons. The molecule has 0 amide bonds. The minimum absolute atomic E-state index is 0.0466.